The van der Waals surface area contributed by atoms with Crippen molar-refractivity contribution in [2.45, 2.75) is 52.1 Å². The Morgan fingerprint density at radius 1 is 0.283 bits per heavy atom. The first-order valence-electron chi connectivity index (χ1n) is 6.21. The number of carboxylic acid groups (broad SMARTS) is 4. The van der Waals surface area contributed by atoms with E-state index in [1.807, 2.05) is 0 Å². The van der Waals surface area contributed by atoms with E-state index >= 15 is 0 Å². The van der Waals surface area contributed by atoms with Crippen LogP contribution in [0.4, 0.5) is 0 Å². The van der Waals surface area contributed by atoms with Crippen LogP contribution in [0.25, 0.3) is 0 Å². The minimum atomic E-state index is -1.23. The van der Waals surface area contributed by atoms with Gasteiger partial charge in [0.15, 0.2) is 0 Å². The molecule has 0 heterocycles. The van der Waals surface area contributed by atoms with Crippen molar-refractivity contribution in [3.05, 3.63) is 0 Å². The van der Waals surface area contributed by atoms with Gasteiger partial charge in [-0.15, -0.1) is 0 Å². The van der Waals surface area contributed by atoms with E-state index in [1.54, 1.807) is 0 Å². The van der Waals surface area contributed by atoms with E-state index in [0.717, 1.165) is 0 Å². The summed E-state index contributed by atoms with van der Waals surface area (Å²) in [6.07, 6.45) is -4.93. The van der Waals surface area contributed by atoms with Gasteiger partial charge in [0.1, 0.15) is 24.4 Å². The molecule has 188 valence electrons. The molecule has 0 fully saturated rings. The molecule has 0 bridgehead atoms. The number of carbonyl (C=O) groups is 4. The van der Waals surface area contributed by atoms with Gasteiger partial charge in [-0.1, -0.05) is 0 Å². The Labute approximate surface area is 795 Å². The standard InChI is InChI=1S/4C3H6O3.22Na.22H/c4*1-2(4)3(5)6;;;;;;;;;;;;;;;;;;;;;;;;;;;;;;;;;;;;;;;;;;;;/h4*2,4H,1H3,(H,5,6);;;;;;;;;;;;;;;;;;;;;;;;;;;;;;;;;;;;;;;;;;;;/q;;;;22*+1;22*-1. The summed E-state index contributed by atoms with van der Waals surface area (Å²) in [4.78, 5) is 37.8. The van der Waals surface area contributed by atoms with Crippen molar-refractivity contribution < 1.29 is 742 Å². The number of hydrogen-bond acceptors (Lipinski definition) is 8. The fraction of sp³-hybridized carbons (Fsp3) is 0.667. The van der Waals surface area contributed by atoms with Crippen molar-refractivity contribution in [1.29, 1.82) is 0 Å². The van der Waals surface area contributed by atoms with Gasteiger partial charge in [-0.2, -0.15) is 0 Å². The summed E-state index contributed by atoms with van der Waals surface area (Å²) >= 11 is 0. The molecule has 0 radical (unpaired) electrons. The van der Waals surface area contributed by atoms with Crippen molar-refractivity contribution in [2.24, 2.45) is 0 Å². The van der Waals surface area contributed by atoms with Gasteiger partial charge in [0.2, 0.25) is 0 Å². The largest absolute Gasteiger partial charge is 1.00 e. The van der Waals surface area contributed by atoms with E-state index in [4.69, 9.17) is 40.9 Å². The molecule has 0 amide bonds. The SMILES string of the molecule is CC(O)C(=O)O.CC(O)C(=O)O.CC(O)C(=O)O.CC(O)C(=O)O.[H-].[H-].[H-].[H-].[H-].[H-].[H-].[H-].[H-].[H-].[H-].[H-].[H-].[H-].[H-].[H-].[H-].[H-].[H-].[H-].[H-].[H-].[Na+].[Na+].[Na+].[Na+].[Na+].[Na+].[Na+].[Na+].[Na+].[Na+].[Na+].[Na+].[Na+].[Na+].[Na+].[Na+].[Na+].[Na+].[Na+].[Na+].[Na+].[Na+]. The Balaban J connectivity index is -0.00000000140. The van der Waals surface area contributed by atoms with Gasteiger partial charge in [0.05, 0.1) is 0 Å². The third kappa shape index (κ3) is 196. The number of hydrogen-bond donors (Lipinski definition) is 8. The van der Waals surface area contributed by atoms with Crippen LogP contribution in [0.1, 0.15) is 59.1 Å². The summed E-state index contributed by atoms with van der Waals surface area (Å²) in [5.41, 5.74) is 0. The topological polar surface area (TPSA) is 230 Å². The van der Waals surface area contributed by atoms with Crippen LogP contribution in [0.2, 0.25) is 0 Å². The van der Waals surface area contributed by atoms with E-state index in [2.05, 4.69) is 0 Å². The molecule has 0 aliphatic heterocycles. The van der Waals surface area contributed by atoms with Gasteiger partial charge in [0, 0.05) is 0 Å². The first-order chi connectivity index (χ1) is 10.6. The molecule has 0 aromatic carbocycles. The van der Waals surface area contributed by atoms with Crippen LogP contribution in [-0.4, -0.2) is 89.1 Å². The van der Waals surface area contributed by atoms with E-state index in [0.29, 0.717) is 0 Å². The summed E-state index contributed by atoms with van der Waals surface area (Å²) in [5.74, 6) is -4.74. The van der Waals surface area contributed by atoms with Crippen molar-refractivity contribution in [2.75, 3.05) is 0 Å². The Bertz CT molecular complexity index is 408. The average molecular weight is 888 g/mol. The molecular weight excluding hydrogens is 842 g/mol. The van der Waals surface area contributed by atoms with Crippen molar-refractivity contribution in [3.8, 4) is 0 Å². The maximum atomic E-state index is 9.45. The smallest absolute Gasteiger partial charge is 1.00 e. The minimum absolute atomic E-state index is 0. The zero-order chi connectivity index (χ0) is 20.6. The first kappa shape index (κ1) is 174. The maximum absolute atomic E-state index is 9.45. The van der Waals surface area contributed by atoms with E-state index in [1.165, 1.54) is 27.7 Å². The van der Waals surface area contributed by atoms with Crippen molar-refractivity contribution >= 4 is 23.9 Å². The second-order valence-electron chi connectivity index (χ2n) is 4.06. The summed E-state index contributed by atoms with van der Waals surface area (Å²) < 4.78 is 0. The number of aliphatic hydroxyl groups is 4. The number of aliphatic carboxylic acids is 4. The molecule has 0 rings (SSSR count). The zero-order valence-corrected chi connectivity index (χ0v) is 79.5. The molecule has 0 saturated heterocycles. The van der Waals surface area contributed by atoms with Crippen molar-refractivity contribution in [3.63, 3.8) is 0 Å². The van der Waals surface area contributed by atoms with Crippen LogP contribution in [0.15, 0.2) is 0 Å². The summed E-state index contributed by atoms with van der Waals surface area (Å²) in [7, 11) is 0. The Morgan fingerprint density at radius 3 is 0.304 bits per heavy atom. The number of carboxylic acids is 4. The maximum Gasteiger partial charge on any atom is 1.00 e. The molecule has 4 unspecified atom stereocenters. The third-order valence-corrected chi connectivity index (χ3v) is 1.43. The fourth-order valence-corrected chi connectivity index (χ4v) is 0. The molecule has 0 aliphatic rings. The number of rotatable bonds is 4. The van der Waals surface area contributed by atoms with Gasteiger partial charge >= 0.3 is 674 Å². The molecule has 0 aliphatic carbocycles. The predicted octanol–water partition coefficient (Wildman–Crippen LogP) is -65.6. The molecule has 0 aromatic heterocycles. The van der Waals surface area contributed by atoms with Gasteiger partial charge < -0.3 is 72.2 Å². The second-order valence-corrected chi connectivity index (χ2v) is 4.06. The van der Waals surface area contributed by atoms with E-state index < -0.39 is 48.3 Å². The van der Waals surface area contributed by atoms with E-state index in [-0.39, 0.29) is 682 Å². The Morgan fingerprint density at radius 2 is 0.304 bits per heavy atom. The molecule has 12 nitrogen and oxygen atoms in total. The number of aliphatic hydroxyl groups excluding tert-OH is 4. The van der Waals surface area contributed by atoms with Crippen LogP contribution < -0.4 is 650 Å². The summed E-state index contributed by atoms with van der Waals surface area (Å²) in [6.45, 7) is 4.79. The van der Waals surface area contributed by atoms with E-state index in [9.17, 15) is 19.2 Å². The molecule has 0 aromatic rings. The normalized spacial score (nSPS) is 7.13. The molecule has 34 heteroatoms. The Hall–Kier alpha value is 19.7. The second kappa shape index (κ2) is 137. The monoisotopic (exact) mass is 888 g/mol. The van der Waals surface area contributed by atoms with Gasteiger partial charge in [0.25, 0.3) is 0 Å². The van der Waals surface area contributed by atoms with Crippen LogP contribution in [0.5, 0.6) is 0 Å². The van der Waals surface area contributed by atoms with Crippen LogP contribution in [-0.2, 0) is 19.2 Å². The van der Waals surface area contributed by atoms with Gasteiger partial charge in [-0.25, -0.2) is 19.2 Å². The van der Waals surface area contributed by atoms with Crippen LogP contribution in [0.3, 0.4) is 0 Å². The zero-order valence-electron chi connectivity index (χ0n) is 57.5. The Kier molecular flexibility index (Phi) is 521. The third-order valence-electron chi connectivity index (χ3n) is 1.43. The predicted molar refractivity (Wildman–Crippen MR) is 102 cm³/mol. The summed E-state index contributed by atoms with van der Waals surface area (Å²) in [6, 6.07) is 0. The fourth-order valence-electron chi connectivity index (χ4n) is 0. The molecule has 0 saturated carbocycles. The van der Waals surface area contributed by atoms with Gasteiger partial charge in [-0.05, 0) is 27.7 Å². The van der Waals surface area contributed by atoms with Gasteiger partial charge in [-0.3, -0.25) is 0 Å². The molecular formula is C12H46Na22O12. The van der Waals surface area contributed by atoms with Crippen LogP contribution in [0, 0.1) is 0 Å². The van der Waals surface area contributed by atoms with Crippen LogP contribution >= 0.6 is 0 Å². The molecule has 4 atom stereocenters. The summed E-state index contributed by atoms with van der Waals surface area (Å²) in [5, 5.41) is 63.1. The average Bonchev–Trinajstić information content (AvgIpc) is 2.40. The molecule has 46 heavy (non-hydrogen) atoms. The van der Waals surface area contributed by atoms with Crippen molar-refractivity contribution in [1.82, 2.24) is 0 Å². The first-order valence-corrected chi connectivity index (χ1v) is 6.21. The molecule has 0 spiro atoms. The molecule has 8 N–H and O–H groups in total. The minimum Gasteiger partial charge on any atom is -1.00 e. The quantitative estimate of drug-likeness (QED) is 0.123.